The highest BCUT2D eigenvalue weighted by Crippen LogP contribution is 1.93. The first-order valence-electron chi connectivity index (χ1n) is 4.76. The summed E-state index contributed by atoms with van der Waals surface area (Å²) in [6.45, 7) is 0.728. The second-order valence-corrected chi connectivity index (χ2v) is 3.03. The van der Waals surface area contributed by atoms with Gasteiger partial charge in [-0.3, -0.25) is 9.59 Å². The fourth-order valence-electron chi connectivity index (χ4n) is 0.950. The number of hydrogen-bond donors (Lipinski definition) is 3. The first-order chi connectivity index (χ1) is 6.66. The van der Waals surface area contributed by atoms with Crippen LogP contribution >= 0.6 is 0 Å². The van der Waals surface area contributed by atoms with E-state index in [2.05, 4.69) is 5.32 Å². The summed E-state index contributed by atoms with van der Waals surface area (Å²) in [5, 5.41) is 19.4. The summed E-state index contributed by atoms with van der Waals surface area (Å²) in [5.41, 5.74) is 0. The summed E-state index contributed by atoms with van der Waals surface area (Å²) in [4.78, 5) is 21.1. The van der Waals surface area contributed by atoms with E-state index in [0.29, 0.717) is 6.54 Å². The molecular weight excluding hydrogens is 186 g/mol. The van der Waals surface area contributed by atoms with E-state index in [-0.39, 0.29) is 25.4 Å². The molecule has 0 rings (SSSR count). The Morgan fingerprint density at radius 2 is 1.79 bits per heavy atom. The first kappa shape index (κ1) is 12.9. The molecular formula is C9H17NO4. The Morgan fingerprint density at radius 3 is 2.36 bits per heavy atom. The predicted molar refractivity (Wildman–Crippen MR) is 50.8 cm³/mol. The number of nitrogens with one attached hydrogen (secondary N) is 1. The van der Waals surface area contributed by atoms with E-state index < -0.39 is 5.97 Å². The number of aliphatic carboxylic acids is 1. The fraction of sp³-hybridized carbons (Fsp3) is 0.778. The first-order valence-corrected chi connectivity index (χ1v) is 4.76. The quantitative estimate of drug-likeness (QED) is 0.489. The van der Waals surface area contributed by atoms with E-state index in [4.69, 9.17) is 10.2 Å². The van der Waals surface area contributed by atoms with Crippen molar-refractivity contribution in [2.75, 3.05) is 13.2 Å². The van der Waals surface area contributed by atoms with Gasteiger partial charge in [-0.2, -0.15) is 0 Å². The lowest BCUT2D eigenvalue weighted by Gasteiger charge is -2.03. The summed E-state index contributed by atoms with van der Waals surface area (Å²) in [6, 6.07) is 0. The van der Waals surface area contributed by atoms with Crippen LogP contribution in [0.5, 0.6) is 0 Å². The lowest BCUT2D eigenvalue weighted by Crippen LogP contribution is -2.24. The Morgan fingerprint density at radius 1 is 1.07 bits per heavy atom. The van der Waals surface area contributed by atoms with Gasteiger partial charge < -0.3 is 15.5 Å². The Kier molecular flexibility index (Phi) is 7.83. The minimum Gasteiger partial charge on any atom is -0.481 e. The van der Waals surface area contributed by atoms with Crippen molar-refractivity contribution in [3.8, 4) is 0 Å². The van der Waals surface area contributed by atoms with Crippen LogP contribution < -0.4 is 5.32 Å². The number of aliphatic hydroxyl groups is 1. The molecule has 5 nitrogen and oxygen atoms in total. The zero-order valence-electron chi connectivity index (χ0n) is 8.16. The number of carboxylic acid groups (broad SMARTS) is 1. The number of aliphatic hydroxyl groups excluding tert-OH is 1. The maximum Gasteiger partial charge on any atom is 0.303 e. The van der Waals surface area contributed by atoms with Crippen LogP contribution in [0.15, 0.2) is 0 Å². The van der Waals surface area contributed by atoms with Gasteiger partial charge in [0.15, 0.2) is 0 Å². The standard InChI is InChI=1S/C9H17NO4/c11-7-3-1-2-6-10-8(12)4-5-9(13)14/h11H,1-7H2,(H,10,12)(H,13,14). The Bertz CT molecular complexity index is 182. The summed E-state index contributed by atoms with van der Waals surface area (Å²) < 4.78 is 0. The van der Waals surface area contributed by atoms with Crippen molar-refractivity contribution in [3.63, 3.8) is 0 Å². The molecule has 0 aromatic carbocycles. The van der Waals surface area contributed by atoms with E-state index in [1.165, 1.54) is 0 Å². The molecule has 0 bridgehead atoms. The van der Waals surface area contributed by atoms with Crippen molar-refractivity contribution < 1.29 is 19.8 Å². The van der Waals surface area contributed by atoms with Gasteiger partial charge in [-0.1, -0.05) is 0 Å². The highest BCUT2D eigenvalue weighted by atomic mass is 16.4. The molecule has 0 atom stereocenters. The second kappa shape index (κ2) is 8.50. The molecule has 0 aromatic rings. The lowest BCUT2D eigenvalue weighted by atomic mass is 10.2. The van der Waals surface area contributed by atoms with E-state index in [1.54, 1.807) is 0 Å². The molecule has 0 aliphatic rings. The van der Waals surface area contributed by atoms with Crippen molar-refractivity contribution in [1.82, 2.24) is 5.32 Å². The highest BCUT2D eigenvalue weighted by molar-refractivity contribution is 5.80. The number of carbonyl (C=O) groups is 2. The highest BCUT2D eigenvalue weighted by Gasteiger charge is 2.03. The second-order valence-electron chi connectivity index (χ2n) is 3.03. The van der Waals surface area contributed by atoms with E-state index >= 15 is 0 Å². The molecule has 0 unspecified atom stereocenters. The number of carboxylic acids is 1. The van der Waals surface area contributed by atoms with E-state index in [0.717, 1.165) is 19.3 Å². The molecule has 0 saturated heterocycles. The molecule has 14 heavy (non-hydrogen) atoms. The van der Waals surface area contributed by atoms with Gasteiger partial charge in [0.2, 0.25) is 5.91 Å². The van der Waals surface area contributed by atoms with Gasteiger partial charge in [-0.05, 0) is 19.3 Å². The third kappa shape index (κ3) is 8.99. The van der Waals surface area contributed by atoms with Gasteiger partial charge in [-0.25, -0.2) is 0 Å². The van der Waals surface area contributed by atoms with E-state index in [9.17, 15) is 9.59 Å². The largest absolute Gasteiger partial charge is 0.481 e. The third-order valence-electron chi connectivity index (χ3n) is 1.72. The zero-order valence-corrected chi connectivity index (χ0v) is 8.16. The van der Waals surface area contributed by atoms with Crippen LogP contribution in [0.3, 0.4) is 0 Å². The Hall–Kier alpha value is -1.10. The van der Waals surface area contributed by atoms with Crippen LogP contribution in [0.2, 0.25) is 0 Å². The monoisotopic (exact) mass is 203 g/mol. The third-order valence-corrected chi connectivity index (χ3v) is 1.72. The van der Waals surface area contributed by atoms with Gasteiger partial charge in [0, 0.05) is 19.6 Å². The smallest absolute Gasteiger partial charge is 0.303 e. The number of amides is 1. The fourth-order valence-corrected chi connectivity index (χ4v) is 0.950. The van der Waals surface area contributed by atoms with Crippen molar-refractivity contribution >= 4 is 11.9 Å². The molecule has 0 spiro atoms. The lowest BCUT2D eigenvalue weighted by molar-refractivity contribution is -0.138. The summed E-state index contributed by atoms with van der Waals surface area (Å²) in [5.74, 6) is -1.18. The molecule has 0 aliphatic carbocycles. The van der Waals surface area contributed by atoms with Gasteiger partial charge in [0.25, 0.3) is 0 Å². The van der Waals surface area contributed by atoms with Crippen LogP contribution in [-0.4, -0.2) is 35.2 Å². The topological polar surface area (TPSA) is 86.6 Å². The maximum absolute atomic E-state index is 11.0. The number of unbranched alkanes of at least 4 members (excludes halogenated alkanes) is 2. The Labute approximate surface area is 83.1 Å². The van der Waals surface area contributed by atoms with Crippen LogP contribution in [0.25, 0.3) is 0 Å². The molecule has 0 aliphatic heterocycles. The van der Waals surface area contributed by atoms with E-state index in [1.807, 2.05) is 0 Å². The molecule has 1 amide bonds. The van der Waals surface area contributed by atoms with Crippen molar-refractivity contribution in [2.24, 2.45) is 0 Å². The Balaban J connectivity index is 3.22. The minimum atomic E-state index is -0.958. The maximum atomic E-state index is 11.0. The normalized spacial score (nSPS) is 9.79. The molecule has 0 aromatic heterocycles. The molecule has 3 N–H and O–H groups in total. The molecule has 0 heterocycles. The van der Waals surface area contributed by atoms with Gasteiger partial charge in [0.1, 0.15) is 0 Å². The van der Waals surface area contributed by atoms with Crippen molar-refractivity contribution in [2.45, 2.75) is 32.1 Å². The minimum absolute atomic E-state index is 0.0370. The molecule has 82 valence electrons. The average Bonchev–Trinajstić information content (AvgIpc) is 2.14. The van der Waals surface area contributed by atoms with Crippen molar-refractivity contribution in [3.05, 3.63) is 0 Å². The average molecular weight is 203 g/mol. The molecule has 5 heteroatoms. The predicted octanol–water partition coefficient (Wildman–Crippen LogP) is 0.130. The van der Waals surface area contributed by atoms with Crippen LogP contribution in [0.1, 0.15) is 32.1 Å². The molecule has 0 fully saturated rings. The van der Waals surface area contributed by atoms with Crippen LogP contribution in [-0.2, 0) is 9.59 Å². The SMILES string of the molecule is O=C(O)CCC(=O)NCCCCCO. The summed E-state index contributed by atoms with van der Waals surface area (Å²) >= 11 is 0. The van der Waals surface area contributed by atoms with Crippen LogP contribution in [0, 0.1) is 0 Å². The number of rotatable bonds is 8. The molecule has 0 radical (unpaired) electrons. The van der Waals surface area contributed by atoms with Gasteiger partial charge in [-0.15, -0.1) is 0 Å². The van der Waals surface area contributed by atoms with Crippen LogP contribution in [0.4, 0.5) is 0 Å². The van der Waals surface area contributed by atoms with Gasteiger partial charge >= 0.3 is 5.97 Å². The molecule has 0 saturated carbocycles. The van der Waals surface area contributed by atoms with Gasteiger partial charge in [0.05, 0.1) is 6.42 Å². The number of hydrogen-bond acceptors (Lipinski definition) is 3. The van der Waals surface area contributed by atoms with Crippen molar-refractivity contribution in [1.29, 1.82) is 0 Å². The zero-order chi connectivity index (χ0) is 10.8. The number of carbonyl (C=O) groups excluding carboxylic acids is 1. The summed E-state index contributed by atoms with van der Waals surface area (Å²) in [7, 11) is 0. The summed E-state index contributed by atoms with van der Waals surface area (Å²) in [6.07, 6.45) is 2.35.